The number of ether oxygens (including phenoxy) is 1. The largest absolute Gasteiger partial charge is 0.454 e. The molecule has 2 rings (SSSR count). The highest BCUT2D eigenvalue weighted by Gasteiger charge is 2.09. The van der Waals surface area contributed by atoms with Crippen molar-refractivity contribution < 1.29 is 9.13 Å². The molecule has 1 atom stereocenters. The van der Waals surface area contributed by atoms with Gasteiger partial charge in [0.1, 0.15) is 5.75 Å². The normalized spacial score (nSPS) is 12.2. The third-order valence-corrected chi connectivity index (χ3v) is 3.87. The predicted molar refractivity (Wildman–Crippen MR) is 87.3 cm³/mol. The van der Waals surface area contributed by atoms with Crippen molar-refractivity contribution in [3.05, 3.63) is 57.8 Å². The highest BCUT2D eigenvalue weighted by Crippen LogP contribution is 2.29. The molecule has 0 heterocycles. The first-order valence-corrected chi connectivity index (χ1v) is 7.77. The number of hydrogen-bond donors (Lipinski definition) is 1. The van der Waals surface area contributed by atoms with Crippen molar-refractivity contribution in [1.82, 2.24) is 0 Å². The van der Waals surface area contributed by atoms with E-state index in [1.54, 1.807) is 6.07 Å². The second kappa shape index (κ2) is 7.05. The van der Waals surface area contributed by atoms with E-state index in [2.05, 4.69) is 15.9 Å². The Morgan fingerprint density at radius 2 is 1.90 bits per heavy atom. The highest BCUT2D eigenvalue weighted by atomic mass is 79.9. The average Bonchev–Trinajstić information content (AvgIpc) is 2.44. The molecule has 0 aliphatic rings. The van der Waals surface area contributed by atoms with Gasteiger partial charge in [-0.1, -0.05) is 28.9 Å². The summed E-state index contributed by atoms with van der Waals surface area (Å²) >= 11 is 3.39. The summed E-state index contributed by atoms with van der Waals surface area (Å²) in [5.74, 6) is 0.516. The number of nitrogens with two attached hydrogens (primary N) is 1. The quantitative estimate of drug-likeness (QED) is 0.825. The Bertz CT molecular complexity index is 630. The summed E-state index contributed by atoms with van der Waals surface area (Å²) in [6.45, 7) is 3.95. The molecule has 2 aromatic carbocycles. The van der Waals surface area contributed by atoms with Crippen LogP contribution >= 0.6 is 15.9 Å². The number of benzene rings is 2. The summed E-state index contributed by atoms with van der Waals surface area (Å²) < 4.78 is 20.7. The van der Waals surface area contributed by atoms with Crippen molar-refractivity contribution in [3.8, 4) is 11.5 Å². The minimum absolute atomic E-state index is 0.0601. The fourth-order valence-electron chi connectivity index (χ4n) is 2.05. The second-order valence-electron chi connectivity index (χ2n) is 5.15. The van der Waals surface area contributed by atoms with E-state index < -0.39 is 0 Å². The summed E-state index contributed by atoms with van der Waals surface area (Å²) in [5, 5.41) is 0. The summed E-state index contributed by atoms with van der Waals surface area (Å²) in [6, 6.07) is 10.7. The molecule has 0 radical (unpaired) electrons. The molecule has 0 saturated heterocycles. The molecule has 1 unspecified atom stereocenters. The minimum atomic E-state index is -0.363. The van der Waals surface area contributed by atoms with Gasteiger partial charge in [0.25, 0.3) is 0 Å². The molecule has 4 heteroatoms. The fourth-order valence-corrected chi connectivity index (χ4v) is 2.52. The van der Waals surface area contributed by atoms with Gasteiger partial charge < -0.3 is 10.5 Å². The lowest BCUT2D eigenvalue weighted by atomic mass is 10.0. The molecule has 0 bridgehead atoms. The van der Waals surface area contributed by atoms with Crippen molar-refractivity contribution >= 4 is 15.9 Å². The first-order chi connectivity index (χ1) is 9.99. The fraction of sp³-hybridized carbons (Fsp3) is 0.294. The molecule has 112 valence electrons. The topological polar surface area (TPSA) is 35.2 Å². The van der Waals surface area contributed by atoms with Crippen molar-refractivity contribution in [2.24, 2.45) is 5.73 Å². The van der Waals surface area contributed by atoms with Crippen molar-refractivity contribution in [1.29, 1.82) is 0 Å². The Kier molecular flexibility index (Phi) is 5.37. The minimum Gasteiger partial charge on any atom is -0.454 e. The van der Waals surface area contributed by atoms with Crippen molar-refractivity contribution in [2.75, 3.05) is 0 Å². The van der Waals surface area contributed by atoms with E-state index in [-0.39, 0.29) is 17.6 Å². The maximum absolute atomic E-state index is 14.1. The molecule has 21 heavy (non-hydrogen) atoms. The van der Waals surface area contributed by atoms with E-state index in [1.807, 2.05) is 38.1 Å². The first-order valence-electron chi connectivity index (χ1n) is 6.97. The summed E-state index contributed by atoms with van der Waals surface area (Å²) in [4.78, 5) is 0. The molecule has 2 N–H and O–H groups in total. The van der Waals surface area contributed by atoms with E-state index >= 15 is 0 Å². The van der Waals surface area contributed by atoms with Gasteiger partial charge in [0.15, 0.2) is 11.6 Å². The van der Waals surface area contributed by atoms with Crippen LogP contribution < -0.4 is 10.5 Å². The number of hydrogen-bond acceptors (Lipinski definition) is 2. The first kappa shape index (κ1) is 16.0. The van der Waals surface area contributed by atoms with Crippen LogP contribution in [0, 0.1) is 12.7 Å². The van der Waals surface area contributed by atoms with E-state index in [4.69, 9.17) is 10.5 Å². The zero-order valence-electron chi connectivity index (χ0n) is 12.2. The van der Waals surface area contributed by atoms with E-state index in [9.17, 15) is 4.39 Å². The lowest BCUT2D eigenvalue weighted by molar-refractivity contribution is 0.438. The van der Waals surface area contributed by atoms with E-state index in [0.717, 1.165) is 22.0 Å². The predicted octanol–water partition coefficient (Wildman–Crippen LogP) is 4.97. The standard InChI is InChI=1S/C17H19BrFNO/c1-3-14(20)9-12-4-6-17(15(19)10-12)21-16-7-5-13(18)8-11(16)2/h4-8,10,14H,3,9,20H2,1-2H3. The highest BCUT2D eigenvalue weighted by molar-refractivity contribution is 9.10. The summed E-state index contributed by atoms with van der Waals surface area (Å²) in [6.07, 6.45) is 1.54. The molecule has 0 aliphatic carbocycles. The molecular formula is C17H19BrFNO. The Balaban J connectivity index is 2.17. The van der Waals surface area contributed by atoms with Gasteiger partial charge in [-0.3, -0.25) is 0 Å². The Morgan fingerprint density at radius 3 is 2.52 bits per heavy atom. The third-order valence-electron chi connectivity index (χ3n) is 3.38. The zero-order valence-corrected chi connectivity index (χ0v) is 13.8. The lowest BCUT2D eigenvalue weighted by Crippen LogP contribution is -2.21. The summed E-state index contributed by atoms with van der Waals surface area (Å²) in [5.41, 5.74) is 7.73. The second-order valence-corrected chi connectivity index (χ2v) is 6.06. The molecule has 0 aromatic heterocycles. The summed E-state index contributed by atoms with van der Waals surface area (Å²) in [7, 11) is 0. The van der Waals surface area contributed by atoms with Gasteiger partial charge in [-0.15, -0.1) is 0 Å². The number of rotatable bonds is 5. The maximum Gasteiger partial charge on any atom is 0.165 e. The van der Waals surface area contributed by atoms with Gasteiger partial charge in [0.05, 0.1) is 0 Å². The van der Waals surface area contributed by atoms with Crippen LogP contribution in [0.1, 0.15) is 24.5 Å². The van der Waals surface area contributed by atoms with Gasteiger partial charge in [-0.25, -0.2) is 4.39 Å². The van der Waals surface area contributed by atoms with Crippen LogP contribution in [0.2, 0.25) is 0 Å². The van der Waals surface area contributed by atoms with Crippen LogP contribution in [0.25, 0.3) is 0 Å². The molecular weight excluding hydrogens is 333 g/mol. The Morgan fingerprint density at radius 1 is 1.19 bits per heavy atom. The van der Waals surface area contributed by atoms with Crippen LogP contribution in [0.4, 0.5) is 4.39 Å². The zero-order chi connectivity index (χ0) is 15.4. The van der Waals surface area contributed by atoms with Crippen molar-refractivity contribution in [3.63, 3.8) is 0 Å². The maximum atomic E-state index is 14.1. The van der Waals surface area contributed by atoms with Crippen LogP contribution in [-0.4, -0.2) is 6.04 Å². The van der Waals surface area contributed by atoms with Crippen LogP contribution in [0.5, 0.6) is 11.5 Å². The Hall–Kier alpha value is -1.39. The van der Waals surface area contributed by atoms with Crippen molar-refractivity contribution in [2.45, 2.75) is 32.7 Å². The van der Waals surface area contributed by atoms with Gasteiger partial charge in [-0.2, -0.15) is 0 Å². The molecule has 0 fully saturated rings. The third kappa shape index (κ3) is 4.29. The number of halogens is 2. The van der Waals surface area contributed by atoms with Gasteiger partial charge in [0, 0.05) is 10.5 Å². The average molecular weight is 352 g/mol. The Labute approximate surface area is 133 Å². The van der Waals surface area contributed by atoms with E-state index in [0.29, 0.717) is 12.2 Å². The molecule has 0 saturated carbocycles. The lowest BCUT2D eigenvalue weighted by Gasteiger charge is -2.12. The van der Waals surface area contributed by atoms with Gasteiger partial charge >= 0.3 is 0 Å². The molecule has 0 aliphatic heterocycles. The van der Waals surface area contributed by atoms with Crippen LogP contribution in [-0.2, 0) is 6.42 Å². The SMILES string of the molecule is CCC(N)Cc1ccc(Oc2ccc(Br)cc2C)c(F)c1. The van der Waals surface area contributed by atoms with Crippen LogP contribution in [0.3, 0.4) is 0 Å². The van der Waals surface area contributed by atoms with E-state index in [1.165, 1.54) is 6.07 Å². The van der Waals surface area contributed by atoms with Crippen LogP contribution in [0.15, 0.2) is 40.9 Å². The van der Waals surface area contributed by atoms with Gasteiger partial charge in [-0.05, 0) is 61.2 Å². The smallest absolute Gasteiger partial charge is 0.165 e. The van der Waals surface area contributed by atoms with Gasteiger partial charge in [0.2, 0.25) is 0 Å². The molecule has 2 nitrogen and oxygen atoms in total. The molecule has 2 aromatic rings. The number of aryl methyl sites for hydroxylation is 1. The molecule has 0 amide bonds. The monoisotopic (exact) mass is 351 g/mol. The molecule has 0 spiro atoms.